The van der Waals surface area contributed by atoms with Crippen molar-refractivity contribution in [3.05, 3.63) is 63.4 Å². The first-order chi connectivity index (χ1) is 11.6. The van der Waals surface area contributed by atoms with Crippen LogP contribution in [0.3, 0.4) is 0 Å². The summed E-state index contributed by atoms with van der Waals surface area (Å²) in [5, 5.41) is 0.799. The number of hydrogen-bond acceptors (Lipinski definition) is 4. The van der Waals surface area contributed by atoms with Crippen molar-refractivity contribution in [1.82, 2.24) is 19.5 Å². The van der Waals surface area contributed by atoms with Crippen LogP contribution < -0.4 is 4.90 Å². The van der Waals surface area contributed by atoms with Crippen LogP contribution in [0.1, 0.15) is 17.0 Å². The number of nitrogens with zero attached hydrogens (tertiary/aromatic N) is 5. The summed E-state index contributed by atoms with van der Waals surface area (Å²) in [6, 6.07) is 3.95. The van der Waals surface area contributed by atoms with E-state index in [1.54, 1.807) is 18.6 Å². The summed E-state index contributed by atoms with van der Waals surface area (Å²) in [7, 11) is 0. The van der Waals surface area contributed by atoms with E-state index in [9.17, 15) is 0 Å². The highest BCUT2D eigenvalue weighted by molar-refractivity contribution is 9.10. The number of rotatable bonds is 2. The first kappa shape index (κ1) is 15.6. The third kappa shape index (κ3) is 2.70. The Balaban J connectivity index is 1.68. The quantitative estimate of drug-likeness (QED) is 0.649. The van der Waals surface area contributed by atoms with Crippen molar-refractivity contribution in [2.45, 2.75) is 19.9 Å². The highest BCUT2D eigenvalue weighted by Gasteiger charge is 2.22. The number of fused-ring (bicyclic) bond motifs is 1. The summed E-state index contributed by atoms with van der Waals surface area (Å²) in [5.41, 5.74) is 2.44. The molecule has 0 bridgehead atoms. The summed E-state index contributed by atoms with van der Waals surface area (Å²) in [5.74, 6) is 2.51. The largest absolute Gasteiger partial charge is 0.351 e. The second-order valence-electron chi connectivity index (χ2n) is 5.74. The molecule has 0 amide bonds. The van der Waals surface area contributed by atoms with Crippen molar-refractivity contribution in [3.63, 3.8) is 0 Å². The number of halogens is 2. The van der Waals surface area contributed by atoms with Gasteiger partial charge in [0.05, 0.1) is 12.4 Å². The Bertz CT molecular complexity index is 908. The summed E-state index contributed by atoms with van der Waals surface area (Å²) in [4.78, 5) is 15.6. The second-order valence-corrected chi connectivity index (χ2v) is 7.00. The first-order valence-corrected chi connectivity index (χ1v) is 8.83. The van der Waals surface area contributed by atoms with Gasteiger partial charge in [0.1, 0.15) is 11.6 Å². The van der Waals surface area contributed by atoms with Gasteiger partial charge in [0.25, 0.3) is 0 Å². The van der Waals surface area contributed by atoms with Gasteiger partial charge in [0, 0.05) is 35.0 Å². The maximum Gasteiger partial charge on any atom is 0.159 e. The van der Waals surface area contributed by atoms with E-state index in [2.05, 4.69) is 30.8 Å². The Kier molecular flexibility index (Phi) is 4.02. The molecule has 122 valence electrons. The van der Waals surface area contributed by atoms with Crippen LogP contribution in [0.25, 0.3) is 5.82 Å². The van der Waals surface area contributed by atoms with E-state index < -0.39 is 0 Å². The molecule has 0 fully saturated rings. The monoisotopic (exact) mass is 403 g/mol. The van der Waals surface area contributed by atoms with Gasteiger partial charge in [0.2, 0.25) is 0 Å². The van der Waals surface area contributed by atoms with Crippen LogP contribution in [0.4, 0.5) is 5.82 Å². The minimum absolute atomic E-state index is 0.731. The molecule has 24 heavy (non-hydrogen) atoms. The molecule has 5 nitrogen and oxygen atoms in total. The topological polar surface area (TPSA) is 46.8 Å². The Morgan fingerprint density at radius 1 is 1.17 bits per heavy atom. The van der Waals surface area contributed by atoms with Crippen LogP contribution in [-0.2, 0) is 13.0 Å². The zero-order chi connectivity index (χ0) is 16.7. The van der Waals surface area contributed by atoms with Crippen molar-refractivity contribution >= 4 is 33.3 Å². The van der Waals surface area contributed by atoms with Crippen molar-refractivity contribution in [2.75, 3.05) is 11.4 Å². The molecule has 3 heterocycles. The molecule has 7 heteroatoms. The molecule has 1 aliphatic heterocycles. The summed E-state index contributed by atoms with van der Waals surface area (Å²) < 4.78 is 3.05. The lowest BCUT2D eigenvalue weighted by atomic mass is 10.00. The lowest BCUT2D eigenvalue weighted by Crippen LogP contribution is -2.31. The van der Waals surface area contributed by atoms with Crippen LogP contribution >= 0.6 is 27.5 Å². The molecule has 0 spiro atoms. The van der Waals surface area contributed by atoms with E-state index >= 15 is 0 Å². The van der Waals surface area contributed by atoms with E-state index in [1.165, 1.54) is 5.56 Å². The number of imidazole rings is 1. The van der Waals surface area contributed by atoms with Crippen molar-refractivity contribution < 1.29 is 0 Å². The van der Waals surface area contributed by atoms with Crippen LogP contribution in [0.2, 0.25) is 5.02 Å². The van der Waals surface area contributed by atoms with Crippen molar-refractivity contribution in [1.29, 1.82) is 0 Å². The minimum Gasteiger partial charge on any atom is -0.351 e. The molecule has 0 radical (unpaired) electrons. The molecule has 1 aliphatic rings. The average Bonchev–Trinajstić information content (AvgIpc) is 3.04. The smallest absolute Gasteiger partial charge is 0.159 e. The molecular weight excluding hydrogens is 390 g/mol. The van der Waals surface area contributed by atoms with Gasteiger partial charge in [-0.05, 0) is 36.6 Å². The Labute approximate surface area is 153 Å². The van der Waals surface area contributed by atoms with Crippen LogP contribution in [0.15, 0.2) is 41.4 Å². The molecule has 3 aromatic rings. The number of aromatic nitrogens is 4. The molecule has 0 N–H and O–H groups in total. The maximum absolute atomic E-state index is 6.40. The van der Waals surface area contributed by atoms with Gasteiger partial charge in [-0.15, -0.1) is 0 Å². The van der Waals surface area contributed by atoms with Gasteiger partial charge in [-0.3, -0.25) is 9.55 Å². The minimum atomic E-state index is 0.731. The highest BCUT2D eigenvalue weighted by Crippen LogP contribution is 2.33. The van der Waals surface area contributed by atoms with E-state index in [0.29, 0.717) is 0 Å². The Morgan fingerprint density at radius 2 is 2.00 bits per heavy atom. The predicted octanol–water partition coefficient (Wildman–Crippen LogP) is 3.95. The fourth-order valence-electron chi connectivity index (χ4n) is 3.02. The number of aryl methyl sites for hydroxylation is 1. The van der Waals surface area contributed by atoms with Crippen LogP contribution in [0.5, 0.6) is 0 Å². The van der Waals surface area contributed by atoms with E-state index in [0.717, 1.165) is 52.0 Å². The summed E-state index contributed by atoms with van der Waals surface area (Å²) >= 11 is 10.0. The molecule has 0 saturated heterocycles. The van der Waals surface area contributed by atoms with Gasteiger partial charge in [-0.25, -0.2) is 9.97 Å². The summed E-state index contributed by atoms with van der Waals surface area (Å²) in [6.45, 7) is 3.56. The van der Waals surface area contributed by atoms with Gasteiger partial charge >= 0.3 is 0 Å². The molecule has 1 aromatic carbocycles. The Hall–Kier alpha value is -1.92. The third-order valence-corrected chi connectivity index (χ3v) is 5.40. The highest BCUT2D eigenvalue weighted by atomic mass is 79.9. The number of benzene rings is 1. The van der Waals surface area contributed by atoms with Crippen molar-refractivity contribution in [2.24, 2.45) is 0 Å². The van der Waals surface area contributed by atoms with Gasteiger partial charge < -0.3 is 4.90 Å². The molecule has 0 saturated carbocycles. The lowest BCUT2D eigenvalue weighted by molar-refractivity contribution is 0.713. The molecule has 4 rings (SSSR count). The molecular formula is C17H15BrClN5. The van der Waals surface area contributed by atoms with E-state index in [1.807, 2.05) is 29.8 Å². The van der Waals surface area contributed by atoms with E-state index in [-0.39, 0.29) is 0 Å². The van der Waals surface area contributed by atoms with Gasteiger partial charge in [-0.2, -0.15) is 0 Å². The third-order valence-electron chi connectivity index (χ3n) is 4.30. The molecule has 0 aliphatic carbocycles. The lowest BCUT2D eigenvalue weighted by Gasteiger charge is -2.31. The predicted molar refractivity (Wildman–Crippen MR) is 97.8 cm³/mol. The van der Waals surface area contributed by atoms with Gasteiger partial charge in [-0.1, -0.05) is 27.5 Å². The fourth-order valence-corrected chi connectivity index (χ4v) is 3.83. The molecule has 2 aromatic heterocycles. The van der Waals surface area contributed by atoms with Gasteiger partial charge in [0.15, 0.2) is 5.82 Å². The van der Waals surface area contributed by atoms with E-state index in [4.69, 9.17) is 16.6 Å². The van der Waals surface area contributed by atoms with Crippen molar-refractivity contribution in [3.8, 4) is 5.82 Å². The van der Waals surface area contributed by atoms with Crippen LogP contribution in [-0.4, -0.2) is 26.1 Å². The Morgan fingerprint density at radius 3 is 2.79 bits per heavy atom. The zero-order valence-corrected chi connectivity index (χ0v) is 15.4. The summed E-state index contributed by atoms with van der Waals surface area (Å²) in [6.07, 6.45) is 8.12. The number of anilines is 1. The maximum atomic E-state index is 6.40. The molecule has 0 unspecified atom stereocenters. The standard InChI is InChI=1S/C17H15BrClN5/c1-11-21-5-7-24(11)17-9-20-8-16(22-17)23-6-4-12-13(10-23)15(19)3-2-14(12)18/h2-3,5,7-9H,4,6,10H2,1H3. The van der Waals surface area contributed by atoms with Crippen LogP contribution in [0, 0.1) is 6.92 Å². The fraction of sp³-hybridized carbons (Fsp3) is 0.235. The number of hydrogen-bond donors (Lipinski definition) is 0. The second kappa shape index (κ2) is 6.18. The first-order valence-electron chi connectivity index (χ1n) is 7.66. The normalized spacial score (nSPS) is 13.9. The average molecular weight is 405 g/mol. The molecule has 0 atom stereocenters. The zero-order valence-electron chi connectivity index (χ0n) is 13.1. The SMILES string of the molecule is Cc1nccn1-c1cncc(N2CCc3c(Br)ccc(Cl)c3C2)n1.